The number of nitrogens with zero attached hydrogens (tertiary/aromatic N) is 3. The molecule has 0 bridgehead atoms. The van der Waals surface area contributed by atoms with Crippen LogP contribution >= 0.6 is 24.8 Å². The van der Waals surface area contributed by atoms with Crippen LogP contribution in [0.4, 0.5) is 0 Å². The zero-order valence-corrected chi connectivity index (χ0v) is 16.9. The van der Waals surface area contributed by atoms with Gasteiger partial charge in [0.2, 0.25) is 11.8 Å². The quantitative estimate of drug-likeness (QED) is 0.621. The first-order valence-electron chi connectivity index (χ1n) is 8.63. The number of halogens is 2. The lowest BCUT2D eigenvalue weighted by atomic mass is 10.2. The van der Waals surface area contributed by atoms with E-state index in [1.54, 1.807) is 7.11 Å². The fourth-order valence-corrected chi connectivity index (χ4v) is 3.20. The van der Waals surface area contributed by atoms with Gasteiger partial charge >= 0.3 is 0 Å². The number of nitrogens with one attached hydrogen (secondary N) is 1. The van der Waals surface area contributed by atoms with Crippen molar-refractivity contribution in [2.24, 2.45) is 0 Å². The van der Waals surface area contributed by atoms with Crippen molar-refractivity contribution in [3.8, 4) is 0 Å². The second-order valence-corrected chi connectivity index (χ2v) is 6.29. The summed E-state index contributed by atoms with van der Waals surface area (Å²) in [6.45, 7) is 8.36. The summed E-state index contributed by atoms with van der Waals surface area (Å²) in [6.07, 6.45) is 2.24. The van der Waals surface area contributed by atoms with Crippen molar-refractivity contribution in [3.63, 3.8) is 0 Å². The lowest BCUT2D eigenvalue weighted by molar-refractivity contribution is -0.137. The van der Waals surface area contributed by atoms with Gasteiger partial charge in [0.1, 0.15) is 0 Å². The Morgan fingerprint density at radius 3 is 2.16 bits per heavy atom. The Labute approximate surface area is 163 Å². The minimum Gasteiger partial charge on any atom is -0.383 e. The normalized spacial score (nSPS) is 19.1. The average molecular weight is 399 g/mol. The van der Waals surface area contributed by atoms with Gasteiger partial charge in [-0.25, -0.2) is 0 Å². The number of carbonyl (C=O) groups is 2. The van der Waals surface area contributed by atoms with Crippen LogP contribution in [0.15, 0.2) is 0 Å². The largest absolute Gasteiger partial charge is 0.383 e. The van der Waals surface area contributed by atoms with Crippen LogP contribution < -0.4 is 5.32 Å². The number of hydrogen-bond donors (Lipinski definition) is 1. The van der Waals surface area contributed by atoms with Crippen LogP contribution in [0.1, 0.15) is 19.8 Å². The third kappa shape index (κ3) is 7.27. The Bertz CT molecular complexity index is 401. The number of likely N-dealkylation sites (tertiary alicyclic amines) is 1. The van der Waals surface area contributed by atoms with Gasteiger partial charge in [0, 0.05) is 52.9 Å². The highest BCUT2D eigenvalue weighted by Crippen LogP contribution is 2.13. The molecule has 2 amide bonds. The van der Waals surface area contributed by atoms with E-state index in [1.165, 1.54) is 0 Å². The molecule has 0 aliphatic carbocycles. The van der Waals surface area contributed by atoms with E-state index in [0.29, 0.717) is 32.8 Å². The van der Waals surface area contributed by atoms with E-state index in [9.17, 15) is 9.59 Å². The molecule has 25 heavy (non-hydrogen) atoms. The van der Waals surface area contributed by atoms with Gasteiger partial charge in [-0.2, -0.15) is 0 Å². The maximum atomic E-state index is 12.4. The SMILES string of the molecule is COCCNCC(=O)N1CCN(C(C)C(=O)N2CCCC2)CC1.Cl.Cl. The monoisotopic (exact) mass is 398 g/mol. The molecule has 2 aliphatic rings. The highest BCUT2D eigenvalue weighted by Gasteiger charge is 2.30. The molecule has 1 atom stereocenters. The van der Waals surface area contributed by atoms with Crippen LogP contribution in [0.3, 0.4) is 0 Å². The Morgan fingerprint density at radius 2 is 1.60 bits per heavy atom. The summed E-state index contributed by atoms with van der Waals surface area (Å²) in [5.41, 5.74) is 0. The summed E-state index contributed by atoms with van der Waals surface area (Å²) < 4.78 is 4.94. The van der Waals surface area contributed by atoms with Crippen molar-refractivity contribution in [1.82, 2.24) is 20.0 Å². The van der Waals surface area contributed by atoms with Crippen LogP contribution in [0, 0.1) is 0 Å². The fraction of sp³-hybridized carbons (Fsp3) is 0.875. The fourth-order valence-electron chi connectivity index (χ4n) is 3.20. The lowest BCUT2D eigenvalue weighted by Crippen LogP contribution is -2.56. The van der Waals surface area contributed by atoms with E-state index in [-0.39, 0.29) is 42.7 Å². The predicted molar refractivity (Wildman–Crippen MR) is 103 cm³/mol. The number of methoxy groups -OCH3 is 1. The standard InChI is InChI=1S/C16H30N4O3.2ClH/c1-14(16(22)20-6-3-4-7-20)18-8-10-19(11-9-18)15(21)13-17-5-12-23-2;;/h14,17H,3-13H2,1-2H3;2*1H. The highest BCUT2D eigenvalue weighted by atomic mass is 35.5. The van der Waals surface area contributed by atoms with Crippen molar-refractivity contribution in [3.05, 3.63) is 0 Å². The molecule has 2 heterocycles. The van der Waals surface area contributed by atoms with E-state index >= 15 is 0 Å². The number of carbonyl (C=O) groups excluding carboxylic acids is 2. The van der Waals surface area contributed by atoms with E-state index in [0.717, 1.165) is 39.0 Å². The molecular formula is C16H32Cl2N4O3. The van der Waals surface area contributed by atoms with Gasteiger partial charge in [-0.1, -0.05) is 0 Å². The van der Waals surface area contributed by atoms with Crippen LogP contribution in [0.2, 0.25) is 0 Å². The van der Waals surface area contributed by atoms with Crippen molar-refractivity contribution >= 4 is 36.6 Å². The first-order valence-corrected chi connectivity index (χ1v) is 8.63. The van der Waals surface area contributed by atoms with Crippen molar-refractivity contribution in [1.29, 1.82) is 0 Å². The smallest absolute Gasteiger partial charge is 0.239 e. The molecule has 2 saturated heterocycles. The molecule has 2 rings (SSSR count). The number of rotatable bonds is 7. The van der Waals surface area contributed by atoms with Crippen molar-refractivity contribution in [2.45, 2.75) is 25.8 Å². The predicted octanol–water partition coefficient (Wildman–Crippen LogP) is 0.221. The topological polar surface area (TPSA) is 65.1 Å². The molecule has 7 nitrogen and oxygen atoms in total. The van der Waals surface area contributed by atoms with Gasteiger partial charge in [-0.05, 0) is 19.8 Å². The van der Waals surface area contributed by atoms with E-state index in [4.69, 9.17) is 4.74 Å². The molecule has 0 aromatic heterocycles. The first kappa shape index (κ1) is 24.4. The highest BCUT2D eigenvalue weighted by molar-refractivity contribution is 5.85. The zero-order valence-electron chi connectivity index (χ0n) is 15.2. The maximum absolute atomic E-state index is 12.4. The third-order valence-electron chi connectivity index (χ3n) is 4.75. The Kier molecular flexibility index (Phi) is 12.4. The van der Waals surface area contributed by atoms with Gasteiger partial charge in [0.05, 0.1) is 19.2 Å². The van der Waals surface area contributed by atoms with Crippen LogP contribution in [-0.2, 0) is 14.3 Å². The second kappa shape index (κ2) is 12.7. The first-order chi connectivity index (χ1) is 11.1. The molecule has 0 saturated carbocycles. The number of piperazine rings is 1. The van der Waals surface area contributed by atoms with E-state index < -0.39 is 0 Å². The second-order valence-electron chi connectivity index (χ2n) is 6.29. The molecule has 1 N–H and O–H groups in total. The molecule has 0 aromatic carbocycles. The summed E-state index contributed by atoms with van der Waals surface area (Å²) in [6, 6.07) is -0.0785. The van der Waals surface area contributed by atoms with Gasteiger partial charge in [-0.15, -0.1) is 24.8 Å². The third-order valence-corrected chi connectivity index (χ3v) is 4.75. The average Bonchev–Trinajstić information content (AvgIpc) is 3.12. The minimum atomic E-state index is -0.0785. The summed E-state index contributed by atoms with van der Waals surface area (Å²) in [7, 11) is 1.65. The number of ether oxygens (including phenoxy) is 1. The van der Waals surface area contributed by atoms with Gasteiger partial charge in [0.15, 0.2) is 0 Å². The molecule has 0 spiro atoms. The molecule has 0 aromatic rings. The summed E-state index contributed by atoms with van der Waals surface area (Å²) in [5, 5.41) is 3.08. The van der Waals surface area contributed by atoms with Gasteiger partial charge in [-0.3, -0.25) is 14.5 Å². The minimum absolute atomic E-state index is 0. The van der Waals surface area contributed by atoms with Crippen LogP contribution in [-0.4, -0.2) is 98.6 Å². The lowest BCUT2D eigenvalue weighted by Gasteiger charge is -2.38. The Balaban J connectivity index is 0.00000288. The van der Waals surface area contributed by atoms with Crippen molar-refractivity contribution < 1.29 is 14.3 Å². The Morgan fingerprint density at radius 1 is 1.00 bits per heavy atom. The molecule has 2 aliphatic heterocycles. The molecular weight excluding hydrogens is 367 g/mol. The molecule has 2 fully saturated rings. The molecule has 9 heteroatoms. The Hall–Kier alpha value is -0.600. The van der Waals surface area contributed by atoms with Crippen LogP contribution in [0.25, 0.3) is 0 Å². The van der Waals surface area contributed by atoms with Crippen molar-refractivity contribution in [2.75, 3.05) is 66.1 Å². The number of amides is 2. The molecule has 1 unspecified atom stereocenters. The summed E-state index contributed by atoms with van der Waals surface area (Å²) >= 11 is 0. The van der Waals surface area contributed by atoms with E-state index in [1.807, 2.05) is 16.7 Å². The van der Waals surface area contributed by atoms with Crippen LogP contribution in [0.5, 0.6) is 0 Å². The summed E-state index contributed by atoms with van der Waals surface area (Å²) in [4.78, 5) is 30.6. The zero-order chi connectivity index (χ0) is 16.7. The summed E-state index contributed by atoms with van der Waals surface area (Å²) in [5.74, 6) is 0.364. The molecule has 0 radical (unpaired) electrons. The van der Waals surface area contributed by atoms with Gasteiger partial charge in [0.25, 0.3) is 0 Å². The number of hydrogen-bond acceptors (Lipinski definition) is 5. The maximum Gasteiger partial charge on any atom is 0.239 e. The van der Waals surface area contributed by atoms with Gasteiger partial charge < -0.3 is 19.9 Å². The molecule has 148 valence electrons. The van der Waals surface area contributed by atoms with E-state index in [2.05, 4.69) is 10.2 Å².